The highest BCUT2D eigenvalue weighted by atomic mass is 32.2. The van der Waals surface area contributed by atoms with Crippen molar-refractivity contribution in [2.45, 2.75) is 6.42 Å². The minimum absolute atomic E-state index is 0.0942. The lowest BCUT2D eigenvalue weighted by Gasteiger charge is -2.12. The predicted octanol–water partition coefficient (Wildman–Crippen LogP) is 3.70. The Kier molecular flexibility index (Phi) is 5.67. The number of aromatic nitrogens is 1. The molecule has 0 bridgehead atoms. The van der Waals surface area contributed by atoms with Crippen LogP contribution in [0.25, 0.3) is 17.0 Å². The van der Waals surface area contributed by atoms with Crippen LogP contribution in [0.3, 0.4) is 0 Å². The minimum atomic E-state index is -0.597. The number of nitrogens with zero attached hydrogens (tertiary/aromatic N) is 1. The summed E-state index contributed by atoms with van der Waals surface area (Å²) in [6, 6.07) is 13.9. The molecule has 2 heterocycles. The van der Waals surface area contributed by atoms with E-state index in [-0.39, 0.29) is 17.0 Å². The SMILES string of the molecule is O=C(CN1C(=O)S/C(=C\c2ccccc2F)C1=O)NCCc1c[nH]c2ccccc12. The molecule has 1 fully saturated rings. The Labute approximate surface area is 176 Å². The number of fused-ring (bicyclic) bond motifs is 1. The minimum Gasteiger partial charge on any atom is -0.361 e. The van der Waals surface area contributed by atoms with Crippen molar-refractivity contribution in [2.24, 2.45) is 0 Å². The second-order valence-corrected chi connectivity index (χ2v) is 7.74. The molecule has 0 saturated carbocycles. The molecule has 30 heavy (non-hydrogen) atoms. The molecule has 3 amide bonds. The standard InChI is InChI=1S/C22H18FN3O3S/c23-17-7-3-1-5-14(17)11-19-21(28)26(22(29)30-19)13-20(27)24-10-9-15-12-25-18-8-4-2-6-16(15)18/h1-8,11-12,25H,9-10,13H2,(H,24,27)/b19-11-. The summed E-state index contributed by atoms with van der Waals surface area (Å²) in [6.45, 7) is 0.00906. The zero-order valence-corrected chi connectivity index (χ0v) is 16.7. The largest absolute Gasteiger partial charge is 0.361 e. The molecule has 0 unspecified atom stereocenters. The van der Waals surface area contributed by atoms with Crippen molar-refractivity contribution >= 4 is 45.8 Å². The number of halogens is 1. The van der Waals surface area contributed by atoms with Crippen LogP contribution in [0.15, 0.2) is 59.6 Å². The number of benzene rings is 2. The van der Waals surface area contributed by atoms with Crippen LogP contribution in [0.5, 0.6) is 0 Å². The van der Waals surface area contributed by atoms with Crippen molar-refractivity contribution in [2.75, 3.05) is 13.1 Å². The van der Waals surface area contributed by atoms with Gasteiger partial charge in [-0.15, -0.1) is 0 Å². The molecule has 4 rings (SSSR count). The van der Waals surface area contributed by atoms with E-state index in [9.17, 15) is 18.8 Å². The van der Waals surface area contributed by atoms with E-state index in [4.69, 9.17) is 0 Å². The van der Waals surface area contributed by atoms with E-state index in [2.05, 4.69) is 10.3 Å². The number of aromatic amines is 1. The van der Waals surface area contributed by atoms with Crippen LogP contribution in [-0.2, 0) is 16.0 Å². The second-order valence-electron chi connectivity index (χ2n) is 6.75. The van der Waals surface area contributed by atoms with Gasteiger partial charge in [0.05, 0.1) is 4.91 Å². The molecular formula is C22H18FN3O3S. The van der Waals surface area contributed by atoms with Crippen LogP contribution in [0.1, 0.15) is 11.1 Å². The Balaban J connectivity index is 1.34. The molecular weight excluding hydrogens is 405 g/mol. The number of carbonyl (C=O) groups is 3. The number of amides is 3. The van der Waals surface area contributed by atoms with Gasteiger partial charge in [-0.05, 0) is 42.0 Å². The van der Waals surface area contributed by atoms with Gasteiger partial charge in [-0.2, -0.15) is 0 Å². The normalized spacial score (nSPS) is 15.4. The molecule has 0 atom stereocenters. The first-order valence-electron chi connectivity index (χ1n) is 9.34. The van der Waals surface area contributed by atoms with Crippen LogP contribution < -0.4 is 5.32 Å². The van der Waals surface area contributed by atoms with Gasteiger partial charge in [0, 0.05) is 29.2 Å². The third-order valence-corrected chi connectivity index (χ3v) is 5.67. The molecule has 3 aromatic rings. The number of nitrogens with one attached hydrogen (secondary N) is 2. The second kappa shape index (κ2) is 8.54. The average molecular weight is 423 g/mol. The Morgan fingerprint density at radius 3 is 2.73 bits per heavy atom. The summed E-state index contributed by atoms with van der Waals surface area (Å²) in [7, 11) is 0. The zero-order chi connectivity index (χ0) is 21.1. The van der Waals surface area contributed by atoms with Crippen molar-refractivity contribution in [1.29, 1.82) is 0 Å². The lowest BCUT2D eigenvalue weighted by molar-refractivity contribution is -0.129. The molecule has 0 spiro atoms. The van der Waals surface area contributed by atoms with Crippen molar-refractivity contribution < 1.29 is 18.8 Å². The molecule has 152 valence electrons. The molecule has 1 aliphatic rings. The van der Waals surface area contributed by atoms with Gasteiger partial charge in [0.25, 0.3) is 11.1 Å². The summed E-state index contributed by atoms with van der Waals surface area (Å²) >= 11 is 0.698. The van der Waals surface area contributed by atoms with Gasteiger partial charge in [-0.1, -0.05) is 36.4 Å². The van der Waals surface area contributed by atoms with E-state index in [0.29, 0.717) is 24.7 Å². The first-order chi connectivity index (χ1) is 14.5. The summed E-state index contributed by atoms with van der Waals surface area (Å²) in [5.74, 6) is -1.51. The monoisotopic (exact) mass is 423 g/mol. The van der Waals surface area contributed by atoms with E-state index in [1.54, 1.807) is 12.1 Å². The van der Waals surface area contributed by atoms with Gasteiger partial charge in [0.15, 0.2) is 0 Å². The zero-order valence-electron chi connectivity index (χ0n) is 15.9. The number of thioether (sulfide) groups is 1. The Morgan fingerprint density at radius 1 is 1.13 bits per heavy atom. The first kappa shape index (κ1) is 19.9. The van der Waals surface area contributed by atoms with Crippen molar-refractivity contribution in [1.82, 2.24) is 15.2 Å². The molecule has 8 heteroatoms. The maximum atomic E-state index is 13.8. The molecule has 1 saturated heterocycles. The number of carbonyl (C=O) groups excluding carboxylic acids is 3. The van der Waals surface area contributed by atoms with Crippen LogP contribution in [-0.4, -0.2) is 40.0 Å². The fraction of sp³-hybridized carbons (Fsp3) is 0.136. The highest BCUT2D eigenvalue weighted by Gasteiger charge is 2.36. The number of hydrogen-bond acceptors (Lipinski definition) is 4. The highest BCUT2D eigenvalue weighted by molar-refractivity contribution is 8.18. The van der Waals surface area contributed by atoms with Crippen molar-refractivity contribution in [3.8, 4) is 0 Å². The molecule has 2 N–H and O–H groups in total. The van der Waals surface area contributed by atoms with Crippen LogP contribution in [0.2, 0.25) is 0 Å². The van der Waals surface area contributed by atoms with E-state index < -0.39 is 22.9 Å². The number of H-pyrrole nitrogens is 1. The van der Waals surface area contributed by atoms with Crippen molar-refractivity contribution in [3.63, 3.8) is 0 Å². The van der Waals surface area contributed by atoms with Gasteiger partial charge in [0.1, 0.15) is 12.4 Å². The number of imide groups is 1. The predicted molar refractivity (Wildman–Crippen MR) is 114 cm³/mol. The van der Waals surface area contributed by atoms with Gasteiger partial charge in [-0.25, -0.2) is 4.39 Å². The van der Waals surface area contributed by atoms with E-state index >= 15 is 0 Å². The van der Waals surface area contributed by atoms with Crippen LogP contribution in [0.4, 0.5) is 9.18 Å². The molecule has 1 aromatic heterocycles. The average Bonchev–Trinajstić information content (AvgIpc) is 3.26. The van der Waals surface area contributed by atoms with Gasteiger partial charge in [-0.3, -0.25) is 19.3 Å². The summed E-state index contributed by atoms with van der Waals surface area (Å²) in [4.78, 5) is 41.0. The highest BCUT2D eigenvalue weighted by Crippen LogP contribution is 2.32. The maximum absolute atomic E-state index is 13.8. The van der Waals surface area contributed by atoms with Crippen LogP contribution in [0, 0.1) is 5.82 Å². The number of para-hydroxylation sites is 1. The third-order valence-electron chi connectivity index (χ3n) is 4.76. The van der Waals surface area contributed by atoms with Gasteiger partial charge < -0.3 is 10.3 Å². The van der Waals surface area contributed by atoms with Crippen LogP contribution >= 0.6 is 11.8 Å². The number of rotatable bonds is 6. The first-order valence-corrected chi connectivity index (χ1v) is 10.2. The number of hydrogen-bond donors (Lipinski definition) is 2. The van der Waals surface area contributed by atoms with E-state index in [1.165, 1.54) is 18.2 Å². The summed E-state index contributed by atoms with van der Waals surface area (Å²) in [5.41, 5.74) is 2.31. The Morgan fingerprint density at radius 2 is 1.90 bits per heavy atom. The molecule has 1 aliphatic heterocycles. The maximum Gasteiger partial charge on any atom is 0.294 e. The summed E-state index contributed by atoms with van der Waals surface area (Å²) < 4.78 is 13.8. The van der Waals surface area contributed by atoms with E-state index in [1.807, 2.05) is 30.5 Å². The molecule has 2 aromatic carbocycles. The third kappa shape index (κ3) is 4.13. The summed E-state index contributed by atoms with van der Waals surface area (Å²) in [5, 5.41) is 3.29. The fourth-order valence-electron chi connectivity index (χ4n) is 3.24. The van der Waals surface area contributed by atoms with E-state index in [0.717, 1.165) is 21.4 Å². The Hall–Kier alpha value is -3.39. The topological polar surface area (TPSA) is 82.3 Å². The van der Waals surface area contributed by atoms with Crippen molar-refractivity contribution in [3.05, 3.63) is 76.6 Å². The van der Waals surface area contributed by atoms with Gasteiger partial charge in [0.2, 0.25) is 5.91 Å². The smallest absolute Gasteiger partial charge is 0.294 e. The molecule has 0 radical (unpaired) electrons. The lowest BCUT2D eigenvalue weighted by atomic mass is 10.1. The lowest BCUT2D eigenvalue weighted by Crippen LogP contribution is -2.40. The molecule has 6 nitrogen and oxygen atoms in total. The fourth-order valence-corrected chi connectivity index (χ4v) is 4.07. The van der Waals surface area contributed by atoms with Gasteiger partial charge >= 0.3 is 0 Å². The Bertz CT molecular complexity index is 1170. The molecule has 0 aliphatic carbocycles. The quantitative estimate of drug-likeness (QED) is 0.593. The summed E-state index contributed by atoms with van der Waals surface area (Å²) in [6.07, 6.45) is 3.85.